The Bertz CT molecular complexity index is 974. The molecule has 0 bridgehead atoms. The Morgan fingerprint density at radius 1 is 1.38 bits per heavy atom. The number of carbonyl (C=O) groups is 1. The number of hydrogen-bond donors (Lipinski definition) is 1. The number of aromatic nitrogens is 2. The summed E-state index contributed by atoms with van der Waals surface area (Å²) < 4.78 is 1.16. The summed E-state index contributed by atoms with van der Waals surface area (Å²) in [4.78, 5) is 24.5. The number of fused-ring (bicyclic) bond motifs is 2. The number of ketones is 1. The minimum atomic E-state index is 0.358. The van der Waals surface area contributed by atoms with Crippen molar-refractivity contribution in [1.29, 1.82) is 0 Å². The van der Waals surface area contributed by atoms with Crippen molar-refractivity contribution in [3.63, 3.8) is 0 Å². The van der Waals surface area contributed by atoms with Gasteiger partial charge in [0.2, 0.25) is 0 Å². The van der Waals surface area contributed by atoms with Crippen molar-refractivity contribution in [2.75, 3.05) is 0 Å². The lowest BCUT2D eigenvalue weighted by atomic mass is 9.96. The molecular weight excluding hydrogens is 398 g/mol. The quantitative estimate of drug-likeness (QED) is 0.495. The van der Waals surface area contributed by atoms with Gasteiger partial charge in [-0.1, -0.05) is 26.7 Å². The van der Waals surface area contributed by atoms with Crippen molar-refractivity contribution in [3.8, 4) is 10.6 Å². The second-order valence-electron chi connectivity index (χ2n) is 8.27. The number of nitrogens with one attached hydrogen (secondary N) is 1. The van der Waals surface area contributed by atoms with Gasteiger partial charge in [0.05, 0.1) is 10.9 Å². The first-order chi connectivity index (χ1) is 14.0. The third kappa shape index (κ3) is 4.60. The zero-order valence-corrected chi connectivity index (χ0v) is 19.1. The molecule has 6 heteroatoms. The van der Waals surface area contributed by atoms with E-state index in [1.165, 1.54) is 27.3 Å². The Hall–Kier alpha value is -1.63. The van der Waals surface area contributed by atoms with Crippen LogP contribution in [0.2, 0.25) is 0 Å². The molecule has 0 saturated carbocycles. The highest BCUT2D eigenvalue weighted by atomic mass is 32.1. The monoisotopic (exact) mass is 427 g/mol. The number of hydrogen-bond acceptors (Lipinski definition) is 6. The summed E-state index contributed by atoms with van der Waals surface area (Å²) in [5, 5.41) is 4.61. The highest BCUT2D eigenvalue weighted by molar-refractivity contribution is 7.22. The Labute approximate surface area is 180 Å². The van der Waals surface area contributed by atoms with Crippen LogP contribution < -0.4 is 5.32 Å². The van der Waals surface area contributed by atoms with E-state index in [-0.39, 0.29) is 0 Å². The SMILES string of the molecule is CC[C@H](C)CCCC(=O)Cc1sc2c(c1-c1nc3cnccc3s1)C[C@@H](C)NC2. The lowest BCUT2D eigenvalue weighted by Crippen LogP contribution is -2.32. The van der Waals surface area contributed by atoms with Crippen LogP contribution in [0.25, 0.3) is 20.8 Å². The molecule has 4 heterocycles. The lowest BCUT2D eigenvalue weighted by molar-refractivity contribution is -0.118. The summed E-state index contributed by atoms with van der Waals surface area (Å²) in [5.74, 6) is 1.06. The molecule has 0 radical (unpaired) electrons. The van der Waals surface area contributed by atoms with Crippen LogP contribution in [0, 0.1) is 5.92 Å². The van der Waals surface area contributed by atoms with Crippen molar-refractivity contribution in [1.82, 2.24) is 15.3 Å². The highest BCUT2D eigenvalue weighted by Crippen LogP contribution is 2.42. The van der Waals surface area contributed by atoms with E-state index in [0.29, 0.717) is 30.6 Å². The summed E-state index contributed by atoms with van der Waals surface area (Å²) in [7, 11) is 0. The van der Waals surface area contributed by atoms with Gasteiger partial charge in [-0.3, -0.25) is 9.78 Å². The second kappa shape index (κ2) is 9.02. The molecule has 1 N–H and O–H groups in total. The molecule has 0 saturated heterocycles. The van der Waals surface area contributed by atoms with E-state index < -0.39 is 0 Å². The molecule has 0 fully saturated rings. The van der Waals surface area contributed by atoms with E-state index in [1.807, 2.05) is 29.8 Å². The Morgan fingerprint density at radius 2 is 2.24 bits per heavy atom. The number of pyridine rings is 1. The Balaban J connectivity index is 1.62. The molecule has 3 aromatic rings. The van der Waals surface area contributed by atoms with Crippen molar-refractivity contribution in [3.05, 3.63) is 33.8 Å². The zero-order chi connectivity index (χ0) is 20.4. The van der Waals surface area contributed by atoms with E-state index in [1.54, 1.807) is 11.3 Å². The first-order valence-corrected chi connectivity index (χ1v) is 12.3. The summed E-state index contributed by atoms with van der Waals surface area (Å²) >= 11 is 3.53. The van der Waals surface area contributed by atoms with Gasteiger partial charge in [0.25, 0.3) is 0 Å². The van der Waals surface area contributed by atoms with Crippen molar-refractivity contribution >= 4 is 38.7 Å². The van der Waals surface area contributed by atoms with E-state index >= 15 is 0 Å². The minimum Gasteiger partial charge on any atom is -0.309 e. The molecule has 154 valence electrons. The van der Waals surface area contributed by atoms with Crippen molar-refractivity contribution < 1.29 is 4.79 Å². The number of carbonyl (C=O) groups excluding carboxylic acids is 1. The molecule has 0 amide bonds. The number of rotatable bonds is 8. The van der Waals surface area contributed by atoms with Gasteiger partial charge in [0.1, 0.15) is 16.3 Å². The molecule has 3 aromatic heterocycles. The van der Waals surface area contributed by atoms with Gasteiger partial charge in [-0.25, -0.2) is 4.98 Å². The van der Waals surface area contributed by atoms with E-state index in [0.717, 1.165) is 41.0 Å². The maximum Gasteiger partial charge on any atom is 0.138 e. The van der Waals surface area contributed by atoms with Gasteiger partial charge in [-0.2, -0.15) is 0 Å². The van der Waals surface area contributed by atoms with Crippen LogP contribution in [0.4, 0.5) is 0 Å². The lowest BCUT2D eigenvalue weighted by Gasteiger charge is -2.20. The third-order valence-corrected chi connectivity index (χ3v) is 8.18. The first kappa shape index (κ1) is 20.6. The largest absolute Gasteiger partial charge is 0.309 e. The average molecular weight is 428 g/mol. The third-order valence-electron chi connectivity index (χ3n) is 5.90. The predicted octanol–water partition coefficient (Wildman–Crippen LogP) is 5.78. The Kier molecular flexibility index (Phi) is 6.42. The van der Waals surface area contributed by atoms with Gasteiger partial charge >= 0.3 is 0 Å². The van der Waals surface area contributed by atoms with Crippen LogP contribution in [0.3, 0.4) is 0 Å². The molecule has 1 aliphatic rings. The maximum atomic E-state index is 12.8. The van der Waals surface area contributed by atoms with Gasteiger partial charge < -0.3 is 5.32 Å². The van der Waals surface area contributed by atoms with Crippen molar-refractivity contribution in [2.24, 2.45) is 5.92 Å². The number of thiophene rings is 1. The Morgan fingerprint density at radius 3 is 3.03 bits per heavy atom. The van der Waals surface area contributed by atoms with Crippen LogP contribution in [0.5, 0.6) is 0 Å². The van der Waals surface area contributed by atoms with Crippen molar-refractivity contribution in [2.45, 2.75) is 71.9 Å². The molecule has 0 unspecified atom stereocenters. The van der Waals surface area contributed by atoms with Gasteiger partial charge in [-0.15, -0.1) is 22.7 Å². The van der Waals surface area contributed by atoms with E-state index in [4.69, 9.17) is 4.98 Å². The van der Waals surface area contributed by atoms with E-state index in [2.05, 4.69) is 31.1 Å². The number of nitrogens with zero attached hydrogens (tertiary/aromatic N) is 2. The molecule has 4 rings (SSSR count). The molecule has 1 aliphatic heterocycles. The van der Waals surface area contributed by atoms with Gasteiger partial charge in [0, 0.05) is 46.9 Å². The highest BCUT2D eigenvalue weighted by Gasteiger charge is 2.27. The second-order valence-corrected chi connectivity index (χ2v) is 10.5. The standard InChI is InChI=1S/C23H29N3OS2/c1-4-14(2)6-5-7-16(27)11-20-22(17-10-15(3)25-13-21(17)28-20)23-26-18-12-24-9-8-19(18)29-23/h8-9,12,14-15,25H,4-7,10-11,13H2,1-3H3/t14-,15+/m0/s1. The van der Waals surface area contributed by atoms with Crippen LogP contribution >= 0.6 is 22.7 Å². The molecule has 4 nitrogen and oxygen atoms in total. The molecule has 2 atom stereocenters. The van der Waals surface area contributed by atoms with Crippen LogP contribution in [-0.4, -0.2) is 21.8 Å². The van der Waals surface area contributed by atoms with Gasteiger partial charge in [0.15, 0.2) is 0 Å². The topological polar surface area (TPSA) is 54.9 Å². The molecule has 0 spiro atoms. The fourth-order valence-corrected chi connectivity index (χ4v) is 6.37. The van der Waals surface area contributed by atoms with Gasteiger partial charge in [-0.05, 0) is 37.3 Å². The molecule has 29 heavy (non-hydrogen) atoms. The maximum absolute atomic E-state index is 12.8. The van der Waals surface area contributed by atoms with Crippen LogP contribution in [0.15, 0.2) is 18.5 Å². The molecular formula is C23H29N3OS2. The zero-order valence-electron chi connectivity index (χ0n) is 17.5. The fourth-order valence-electron chi connectivity index (χ4n) is 3.95. The number of Topliss-reactive ketones (excluding diaryl/α,β-unsaturated/α-hetero) is 1. The van der Waals surface area contributed by atoms with Crippen LogP contribution in [0.1, 0.15) is 61.8 Å². The smallest absolute Gasteiger partial charge is 0.138 e. The summed E-state index contributed by atoms with van der Waals surface area (Å²) in [6, 6.07) is 2.48. The minimum absolute atomic E-state index is 0.358. The first-order valence-electron chi connectivity index (χ1n) is 10.6. The fraction of sp³-hybridized carbons (Fsp3) is 0.522. The average Bonchev–Trinajstić information content (AvgIpc) is 3.27. The molecule has 0 aliphatic carbocycles. The summed E-state index contributed by atoms with van der Waals surface area (Å²) in [5.41, 5.74) is 3.57. The van der Waals surface area contributed by atoms with E-state index in [9.17, 15) is 4.79 Å². The normalized spacial score (nSPS) is 17.4. The molecule has 0 aromatic carbocycles. The predicted molar refractivity (Wildman–Crippen MR) is 123 cm³/mol. The van der Waals surface area contributed by atoms with Crippen LogP contribution in [-0.2, 0) is 24.2 Å². The summed E-state index contributed by atoms with van der Waals surface area (Å²) in [6.07, 6.45) is 9.20. The number of thiazole rings is 1. The summed E-state index contributed by atoms with van der Waals surface area (Å²) in [6.45, 7) is 7.61.